The van der Waals surface area contributed by atoms with Crippen LogP contribution < -0.4 is 4.74 Å². The van der Waals surface area contributed by atoms with E-state index in [4.69, 9.17) is 4.74 Å². The monoisotopic (exact) mass is 648 g/mol. The Kier molecular flexibility index (Phi) is 5.86. The van der Waals surface area contributed by atoms with Crippen molar-refractivity contribution in [1.29, 1.82) is 0 Å². The fourth-order valence-electron chi connectivity index (χ4n) is 9.77. The zero-order valence-corrected chi connectivity index (χ0v) is 27.9. The summed E-state index contributed by atoms with van der Waals surface area (Å²) in [7, 11) is 0. The highest BCUT2D eigenvalue weighted by molar-refractivity contribution is 5.94. The van der Waals surface area contributed by atoms with E-state index in [1.165, 1.54) is 77.9 Å². The average molecular weight is 649 g/mol. The van der Waals surface area contributed by atoms with Gasteiger partial charge in [0.25, 0.3) is 0 Å². The maximum absolute atomic E-state index is 6.81. The quantitative estimate of drug-likeness (QED) is 0.185. The van der Waals surface area contributed by atoms with Crippen LogP contribution in [0, 0.1) is 0 Å². The van der Waals surface area contributed by atoms with E-state index in [0.717, 1.165) is 11.5 Å². The summed E-state index contributed by atoms with van der Waals surface area (Å²) >= 11 is 0. The van der Waals surface area contributed by atoms with Gasteiger partial charge < -0.3 is 4.74 Å². The molecule has 1 aliphatic heterocycles. The molecular formula is C50H32O. The molecule has 0 atom stereocenters. The molecule has 238 valence electrons. The molecule has 0 saturated heterocycles. The van der Waals surface area contributed by atoms with Crippen molar-refractivity contribution in [3.05, 3.63) is 239 Å². The molecular weight excluding hydrogens is 617 g/mol. The second-order valence-electron chi connectivity index (χ2n) is 13.9. The molecule has 2 aliphatic carbocycles. The highest BCUT2D eigenvalue weighted by Gasteiger charge is 2.52. The third-order valence-electron chi connectivity index (χ3n) is 11.6. The molecule has 8 aromatic rings. The van der Waals surface area contributed by atoms with Crippen molar-refractivity contribution in [2.24, 2.45) is 0 Å². The molecule has 51 heavy (non-hydrogen) atoms. The number of rotatable bonds is 3. The minimum absolute atomic E-state index is 0.506. The predicted octanol–water partition coefficient (Wildman–Crippen LogP) is 12.2. The second-order valence-corrected chi connectivity index (χ2v) is 13.9. The fraction of sp³-hybridized carbons (Fsp3) is 0.0400. The number of fused-ring (bicyclic) bond motifs is 12. The van der Waals surface area contributed by atoms with Crippen molar-refractivity contribution in [1.82, 2.24) is 0 Å². The lowest BCUT2D eigenvalue weighted by Gasteiger charge is -2.40. The first-order valence-corrected chi connectivity index (χ1v) is 17.8. The molecule has 0 amide bonds. The van der Waals surface area contributed by atoms with Gasteiger partial charge in [0.2, 0.25) is 0 Å². The van der Waals surface area contributed by atoms with Crippen molar-refractivity contribution < 1.29 is 4.74 Å². The summed E-state index contributed by atoms with van der Waals surface area (Å²) in [4.78, 5) is 0. The minimum atomic E-state index is -0.524. The van der Waals surface area contributed by atoms with Crippen LogP contribution in [-0.2, 0) is 10.8 Å². The first-order valence-electron chi connectivity index (χ1n) is 17.8. The lowest BCUT2D eigenvalue weighted by Crippen LogP contribution is -2.32. The van der Waals surface area contributed by atoms with Crippen molar-refractivity contribution >= 4 is 0 Å². The summed E-state index contributed by atoms with van der Waals surface area (Å²) in [5, 5.41) is 0. The van der Waals surface area contributed by atoms with Gasteiger partial charge in [-0.15, -0.1) is 0 Å². The summed E-state index contributed by atoms with van der Waals surface area (Å²) in [6.45, 7) is 0. The SMILES string of the molecule is c1ccc(C2(c3ccccc3)c3ccccc3-c3cccc(-c4ccc5c(c4)C4(c6ccccc6O5)c5ccccc5-c5ccccc54)c32)cc1. The van der Waals surface area contributed by atoms with Gasteiger partial charge in [0.1, 0.15) is 11.5 Å². The molecule has 0 aromatic heterocycles. The van der Waals surface area contributed by atoms with Crippen LogP contribution in [0.1, 0.15) is 44.5 Å². The van der Waals surface area contributed by atoms with Crippen LogP contribution in [0.2, 0.25) is 0 Å². The van der Waals surface area contributed by atoms with Crippen molar-refractivity contribution in [2.45, 2.75) is 10.8 Å². The highest BCUT2D eigenvalue weighted by atomic mass is 16.5. The third-order valence-corrected chi connectivity index (χ3v) is 11.6. The van der Waals surface area contributed by atoms with Gasteiger partial charge in [0, 0.05) is 11.1 Å². The Hall–Kier alpha value is -6.44. The van der Waals surface area contributed by atoms with Gasteiger partial charge in [-0.25, -0.2) is 0 Å². The fourth-order valence-corrected chi connectivity index (χ4v) is 9.77. The molecule has 1 heteroatoms. The molecule has 0 bridgehead atoms. The minimum Gasteiger partial charge on any atom is -0.457 e. The average Bonchev–Trinajstić information content (AvgIpc) is 3.68. The Balaban J connectivity index is 1.25. The van der Waals surface area contributed by atoms with Gasteiger partial charge in [-0.3, -0.25) is 0 Å². The zero-order chi connectivity index (χ0) is 33.6. The van der Waals surface area contributed by atoms with Crippen LogP contribution in [0.4, 0.5) is 0 Å². The predicted molar refractivity (Wildman–Crippen MR) is 207 cm³/mol. The number of para-hydroxylation sites is 1. The molecule has 1 nitrogen and oxygen atoms in total. The lowest BCUT2D eigenvalue weighted by atomic mass is 9.64. The Morgan fingerprint density at radius 3 is 1.37 bits per heavy atom. The van der Waals surface area contributed by atoms with E-state index < -0.39 is 10.8 Å². The topological polar surface area (TPSA) is 9.23 Å². The normalized spacial score (nSPS) is 14.7. The van der Waals surface area contributed by atoms with E-state index in [0.29, 0.717) is 0 Å². The maximum atomic E-state index is 6.81. The molecule has 11 rings (SSSR count). The van der Waals surface area contributed by atoms with Gasteiger partial charge in [-0.05, 0) is 85.0 Å². The Labute approximate surface area is 298 Å². The molecule has 0 fully saturated rings. The summed E-state index contributed by atoms with van der Waals surface area (Å²) in [6.07, 6.45) is 0. The van der Waals surface area contributed by atoms with E-state index in [1.807, 2.05) is 0 Å². The van der Waals surface area contributed by atoms with Crippen molar-refractivity contribution in [3.8, 4) is 44.9 Å². The molecule has 0 saturated carbocycles. The van der Waals surface area contributed by atoms with Gasteiger partial charge in [-0.1, -0.05) is 176 Å². The van der Waals surface area contributed by atoms with Gasteiger partial charge in [0.05, 0.1) is 10.8 Å². The van der Waals surface area contributed by atoms with Crippen LogP contribution in [0.15, 0.2) is 194 Å². The van der Waals surface area contributed by atoms with E-state index in [9.17, 15) is 0 Å². The molecule has 1 spiro atoms. The van der Waals surface area contributed by atoms with Crippen LogP contribution in [0.5, 0.6) is 11.5 Å². The summed E-state index contributed by atoms with van der Waals surface area (Å²) in [6, 6.07) is 71.4. The molecule has 0 unspecified atom stereocenters. The van der Waals surface area contributed by atoms with Crippen LogP contribution >= 0.6 is 0 Å². The second kappa shape index (κ2) is 10.5. The number of ether oxygens (including phenoxy) is 1. The van der Waals surface area contributed by atoms with Crippen LogP contribution in [-0.4, -0.2) is 0 Å². The molecule has 0 N–H and O–H groups in total. The Morgan fingerprint density at radius 2 is 0.745 bits per heavy atom. The molecule has 8 aromatic carbocycles. The Bertz CT molecular complexity index is 2580. The van der Waals surface area contributed by atoms with Gasteiger partial charge >= 0.3 is 0 Å². The summed E-state index contributed by atoms with van der Waals surface area (Å²) in [5.41, 5.74) is 16.6. The lowest BCUT2D eigenvalue weighted by molar-refractivity contribution is 0.436. The third kappa shape index (κ3) is 3.60. The Morgan fingerprint density at radius 1 is 0.294 bits per heavy atom. The smallest absolute Gasteiger partial charge is 0.132 e. The van der Waals surface area contributed by atoms with E-state index in [1.54, 1.807) is 0 Å². The summed E-state index contributed by atoms with van der Waals surface area (Å²) in [5.74, 6) is 1.81. The number of hydrogen-bond donors (Lipinski definition) is 0. The maximum Gasteiger partial charge on any atom is 0.132 e. The van der Waals surface area contributed by atoms with Crippen LogP contribution in [0.25, 0.3) is 33.4 Å². The standard InChI is InChI=1S/C50H32O/c1-3-16-34(17-4-1)49(35-18-5-2-6-19-35)41-25-10-9-22-39(41)40-24-15-23-36(48(40)49)33-30-31-47-45(32-33)50(44-28-13-14-29-46(44)51-47)42-26-11-7-20-37(42)38-21-8-12-27-43(38)50/h1-32H. The summed E-state index contributed by atoms with van der Waals surface area (Å²) < 4.78 is 6.81. The zero-order valence-electron chi connectivity index (χ0n) is 27.9. The van der Waals surface area contributed by atoms with E-state index in [2.05, 4.69) is 194 Å². The molecule has 1 heterocycles. The van der Waals surface area contributed by atoms with Crippen LogP contribution in [0.3, 0.4) is 0 Å². The number of benzene rings is 8. The largest absolute Gasteiger partial charge is 0.457 e. The van der Waals surface area contributed by atoms with E-state index in [-0.39, 0.29) is 0 Å². The first-order chi connectivity index (χ1) is 25.3. The molecule has 0 radical (unpaired) electrons. The number of hydrogen-bond acceptors (Lipinski definition) is 1. The van der Waals surface area contributed by atoms with Gasteiger partial charge in [-0.2, -0.15) is 0 Å². The van der Waals surface area contributed by atoms with Crippen molar-refractivity contribution in [3.63, 3.8) is 0 Å². The van der Waals surface area contributed by atoms with Gasteiger partial charge in [0.15, 0.2) is 0 Å². The first kappa shape index (κ1) is 28.4. The van der Waals surface area contributed by atoms with E-state index >= 15 is 0 Å². The van der Waals surface area contributed by atoms with Crippen molar-refractivity contribution in [2.75, 3.05) is 0 Å². The highest BCUT2D eigenvalue weighted by Crippen LogP contribution is 2.63. The molecule has 3 aliphatic rings.